The number of carbonyl (C=O) groups excluding carboxylic acids is 1. The maximum atomic E-state index is 13.5. The van der Waals surface area contributed by atoms with Crippen LogP contribution in [0.25, 0.3) is 0 Å². The third kappa shape index (κ3) is 7.17. The second kappa shape index (κ2) is 11.1. The minimum absolute atomic E-state index is 0.0271. The molecule has 2 rings (SSSR count). The highest BCUT2D eigenvalue weighted by Gasteiger charge is 2.38. The highest BCUT2D eigenvalue weighted by Crippen LogP contribution is 2.34. The van der Waals surface area contributed by atoms with Crippen LogP contribution in [0.15, 0.2) is 23.1 Å². The van der Waals surface area contributed by atoms with E-state index in [1.807, 2.05) is 21.0 Å². The smallest absolute Gasteiger partial charge is 0.247 e. The lowest BCUT2D eigenvalue weighted by Gasteiger charge is -2.37. The van der Waals surface area contributed by atoms with E-state index in [0.717, 1.165) is 0 Å². The molecule has 1 aliphatic rings. The van der Waals surface area contributed by atoms with Crippen molar-refractivity contribution in [2.24, 2.45) is 5.92 Å². The summed E-state index contributed by atoms with van der Waals surface area (Å²) in [5, 5.41) is 19.7. The Hall–Kier alpha value is -2.16. The molecule has 9 nitrogen and oxygen atoms in total. The first kappa shape index (κ1) is 28.1. The van der Waals surface area contributed by atoms with E-state index in [2.05, 4.69) is 11.8 Å². The Labute approximate surface area is 203 Å². The molecule has 0 bridgehead atoms. The van der Waals surface area contributed by atoms with Gasteiger partial charge in [0.25, 0.3) is 0 Å². The van der Waals surface area contributed by atoms with Crippen molar-refractivity contribution in [1.29, 1.82) is 0 Å². The Balaban J connectivity index is 2.55. The van der Waals surface area contributed by atoms with Gasteiger partial charge in [-0.3, -0.25) is 4.79 Å². The van der Waals surface area contributed by atoms with Crippen molar-refractivity contribution in [3.8, 4) is 17.6 Å². The van der Waals surface area contributed by atoms with Gasteiger partial charge in [0.15, 0.2) is 0 Å². The van der Waals surface area contributed by atoms with Crippen LogP contribution in [-0.2, 0) is 14.8 Å². The fourth-order valence-electron chi connectivity index (χ4n) is 3.51. The van der Waals surface area contributed by atoms with Gasteiger partial charge >= 0.3 is 0 Å². The molecule has 0 radical (unpaired) electrons. The van der Waals surface area contributed by atoms with Crippen LogP contribution in [0.3, 0.4) is 0 Å². The van der Waals surface area contributed by atoms with Crippen molar-refractivity contribution < 1.29 is 28.2 Å². The van der Waals surface area contributed by atoms with Gasteiger partial charge in [-0.2, -0.15) is 4.31 Å². The summed E-state index contributed by atoms with van der Waals surface area (Å²) in [6.45, 7) is 6.93. The van der Waals surface area contributed by atoms with Crippen LogP contribution in [-0.4, -0.2) is 104 Å². The van der Waals surface area contributed by atoms with Gasteiger partial charge in [-0.15, -0.1) is 0 Å². The summed E-state index contributed by atoms with van der Waals surface area (Å²) in [6.07, 6.45) is -0.503. The minimum atomic E-state index is -3.97. The van der Waals surface area contributed by atoms with Crippen molar-refractivity contribution in [3.05, 3.63) is 23.8 Å². The summed E-state index contributed by atoms with van der Waals surface area (Å²) in [6, 6.07) is 3.90. The Morgan fingerprint density at radius 3 is 2.53 bits per heavy atom. The molecule has 0 spiro atoms. The molecule has 1 heterocycles. The lowest BCUT2D eigenvalue weighted by atomic mass is 10.0. The fraction of sp³-hybridized carbons (Fsp3) is 0.625. The van der Waals surface area contributed by atoms with Crippen molar-refractivity contribution in [1.82, 2.24) is 14.1 Å². The molecule has 0 aromatic heterocycles. The van der Waals surface area contributed by atoms with Crippen molar-refractivity contribution in [3.63, 3.8) is 0 Å². The molecule has 0 unspecified atom stereocenters. The fourth-order valence-corrected chi connectivity index (χ4v) is 5.34. The Kier molecular flexibility index (Phi) is 9.13. The molecule has 2 N–H and O–H groups in total. The van der Waals surface area contributed by atoms with Gasteiger partial charge < -0.3 is 24.7 Å². The number of ether oxygens (including phenoxy) is 1. The van der Waals surface area contributed by atoms with E-state index in [-0.39, 0.29) is 48.7 Å². The van der Waals surface area contributed by atoms with Crippen LogP contribution in [0, 0.1) is 17.8 Å². The van der Waals surface area contributed by atoms with E-state index in [0.29, 0.717) is 5.56 Å². The van der Waals surface area contributed by atoms with E-state index in [4.69, 9.17) is 4.74 Å². The molecule has 34 heavy (non-hydrogen) atoms. The SMILES string of the molecule is C[C@@H]1CN([C@@H](C)CO)S(=O)(=O)c2ccc(C#CC(C)(C)O)cc2O[C@@H]1CN(C)C(=O)CN(C)C. The topological polar surface area (TPSA) is 111 Å². The quantitative estimate of drug-likeness (QED) is 0.556. The zero-order valence-corrected chi connectivity index (χ0v) is 21.9. The number of sulfonamides is 1. The Morgan fingerprint density at radius 2 is 1.97 bits per heavy atom. The zero-order valence-electron chi connectivity index (χ0n) is 21.1. The summed E-state index contributed by atoms with van der Waals surface area (Å²) in [5.41, 5.74) is -0.723. The first-order valence-electron chi connectivity index (χ1n) is 11.2. The largest absolute Gasteiger partial charge is 0.487 e. The van der Waals surface area contributed by atoms with Crippen LogP contribution in [0.1, 0.15) is 33.3 Å². The highest BCUT2D eigenvalue weighted by molar-refractivity contribution is 7.89. The molecule has 1 aromatic carbocycles. The van der Waals surface area contributed by atoms with Gasteiger partial charge in [0, 0.05) is 31.1 Å². The molecule has 1 aliphatic heterocycles. The van der Waals surface area contributed by atoms with Crippen molar-refractivity contribution in [2.45, 2.75) is 50.3 Å². The number of likely N-dealkylation sites (N-methyl/N-ethyl adjacent to an activating group) is 2. The first-order valence-corrected chi connectivity index (χ1v) is 12.7. The highest BCUT2D eigenvalue weighted by atomic mass is 32.2. The Bertz CT molecular complexity index is 1040. The van der Waals surface area contributed by atoms with Crippen LogP contribution in [0.2, 0.25) is 0 Å². The molecule has 0 saturated heterocycles. The van der Waals surface area contributed by atoms with Crippen LogP contribution in [0.5, 0.6) is 5.75 Å². The standard InChI is InChI=1S/C24H37N3O6S/c1-17-13-27(18(2)16-28)34(31,32)22-9-8-19(10-11-24(3,4)30)12-20(22)33-21(17)14-26(7)23(29)15-25(5)6/h8-9,12,17-18,21,28,30H,13-16H2,1-7H3/t17-,18+,21-/m1/s1. The average molecular weight is 496 g/mol. The number of carbonyl (C=O) groups is 1. The maximum absolute atomic E-state index is 13.5. The third-order valence-electron chi connectivity index (χ3n) is 5.51. The lowest BCUT2D eigenvalue weighted by molar-refractivity contribution is -0.132. The number of benzene rings is 1. The third-order valence-corrected chi connectivity index (χ3v) is 7.53. The van der Waals surface area contributed by atoms with E-state index < -0.39 is 27.8 Å². The molecular formula is C24H37N3O6S. The predicted molar refractivity (Wildman–Crippen MR) is 130 cm³/mol. The monoisotopic (exact) mass is 495 g/mol. The number of aliphatic hydroxyl groups is 2. The first-order chi connectivity index (χ1) is 15.7. The van der Waals surface area contributed by atoms with Gasteiger partial charge in [-0.1, -0.05) is 18.8 Å². The second-order valence-electron chi connectivity index (χ2n) is 9.72. The van der Waals surface area contributed by atoms with Gasteiger partial charge in [-0.05, 0) is 53.1 Å². The number of nitrogens with zero attached hydrogens (tertiary/aromatic N) is 3. The number of aliphatic hydroxyl groups excluding tert-OH is 1. The van der Waals surface area contributed by atoms with Crippen LogP contribution >= 0.6 is 0 Å². The normalized spacial score (nSPS) is 21.4. The lowest BCUT2D eigenvalue weighted by Crippen LogP contribution is -2.50. The Morgan fingerprint density at radius 1 is 1.32 bits per heavy atom. The number of hydrogen-bond acceptors (Lipinski definition) is 7. The molecule has 3 atom stereocenters. The number of rotatable bonds is 6. The molecule has 0 aliphatic carbocycles. The second-order valence-corrected chi connectivity index (χ2v) is 11.6. The molecule has 190 valence electrons. The molecular weight excluding hydrogens is 458 g/mol. The van der Waals surface area contributed by atoms with Gasteiger partial charge in [-0.25, -0.2) is 8.42 Å². The number of amides is 1. The minimum Gasteiger partial charge on any atom is -0.487 e. The zero-order chi connectivity index (χ0) is 25.8. The van der Waals surface area contributed by atoms with E-state index >= 15 is 0 Å². The average Bonchev–Trinajstić information content (AvgIpc) is 2.73. The summed E-state index contributed by atoms with van der Waals surface area (Å²) in [7, 11) is 1.35. The molecule has 10 heteroatoms. The number of hydrogen-bond donors (Lipinski definition) is 2. The van der Waals surface area contributed by atoms with Gasteiger partial charge in [0.1, 0.15) is 22.4 Å². The van der Waals surface area contributed by atoms with Gasteiger partial charge in [0.2, 0.25) is 15.9 Å². The van der Waals surface area contributed by atoms with Gasteiger partial charge in [0.05, 0.1) is 19.7 Å². The summed E-state index contributed by atoms with van der Waals surface area (Å²) < 4.78 is 34.5. The van der Waals surface area contributed by atoms with Crippen molar-refractivity contribution >= 4 is 15.9 Å². The molecule has 0 fully saturated rings. The van der Waals surface area contributed by atoms with Crippen LogP contribution < -0.4 is 4.74 Å². The van der Waals surface area contributed by atoms with Crippen molar-refractivity contribution in [2.75, 3.05) is 47.4 Å². The summed E-state index contributed by atoms with van der Waals surface area (Å²) >= 11 is 0. The van der Waals surface area contributed by atoms with Crippen LogP contribution in [0.4, 0.5) is 0 Å². The predicted octanol–water partition coefficient (Wildman–Crippen LogP) is 0.598. The maximum Gasteiger partial charge on any atom is 0.247 e. The molecule has 1 amide bonds. The molecule has 1 aromatic rings. The van der Waals surface area contributed by atoms with E-state index in [9.17, 15) is 23.4 Å². The molecule has 0 saturated carbocycles. The van der Waals surface area contributed by atoms with E-state index in [1.54, 1.807) is 49.8 Å². The summed E-state index contributed by atoms with van der Waals surface area (Å²) in [5.74, 6) is 5.33. The number of fused-ring (bicyclic) bond motifs is 1. The van der Waals surface area contributed by atoms with E-state index in [1.165, 1.54) is 10.4 Å². The summed E-state index contributed by atoms with van der Waals surface area (Å²) in [4.78, 5) is 15.9.